The predicted octanol–water partition coefficient (Wildman–Crippen LogP) is 3.85. The first kappa shape index (κ1) is 27.7. The summed E-state index contributed by atoms with van der Waals surface area (Å²) in [6.45, 7) is 2.56. The summed E-state index contributed by atoms with van der Waals surface area (Å²) in [4.78, 5) is 30.2. The molecule has 0 aromatic heterocycles. The van der Waals surface area contributed by atoms with Crippen LogP contribution in [0.25, 0.3) is 0 Å². The van der Waals surface area contributed by atoms with Crippen molar-refractivity contribution >= 4 is 11.8 Å². The van der Waals surface area contributed by atoms with Gasteiger partial charge in [0.05, 0.1) is 33.8 Å². The van der Waals surface area contributed by atoms with Crippen LogP contribution in [-0.2, 0) is 20.7 Å². The van der Waals surface area contributed by atoms with Gasteiger partial charge in [-0.15, -0.1) is 0 Å². The van der Waals surface area contributed by atoms with E-state index in [9.17, 15) is 14.0 Å². The van der Waals surface area contributed by atoms with Gasteiger partial charge in [0.2, 0.25) is 11.8 Å². The van der Waals surface area contributed by atoms with Crippen LogP contribution < -0.4 is 14.2 Å². The molecular weight excluding hydrogens is 491 g/mol. The molecule has 0 radical (unpaired) electrons. The van der Waals surface area contributed by atoms with Gasteiger partial charge in [-0.2, -0.15) is 0 Å². The quantitative estimate of drug-likeness (QED) is 0.466. The van der Waals surface area contributed by atoms with E-state index in [0.29, 0.717) is 43.2 Å². The number of amides is 2. The van der Waals surface area contributed by atoms with Gasteiger partial charge in [-0.25, -0.2) is 4.39 Å². The molecule has 2 aliphatic rings. The average molecular weight is 529 g/mol. The summed E-state index contributed by atoms with van der Waals surface area (Å²) in [5, 5.41) is 0. The molecule has 2 fully saturated rings. The fourth-order valence-corrected chi connectivity index (χ4v) is 5.02. The second-order valence-electron chi connectivity index (χ2n) is 9.90. The number of ether oxygens (including phenoxy) is 4. The van der Waals surface area contributed by atoms with Crippen LogP contribution in [0.2, 0.25) is 0 Å². The summed E-state index contributed by atoms with van der Waals surface area (Å²) in [7, 11) is 3.17. The molecule has 0 spiro atoms. The Morgan fingerprint density at radius 2 is 1.66 bits per heavy atom. The Labute approximate surface area is 223 Å². The maximum absolute atomic E-state index is 13.4. The topological polar surface area (TPSA) is 77.5 Å². The van der Waals surface area contributed by atoms with Crippen LogP contribution in [0.1, 0.15) is 37.7 Å². The minimum Gasteiger partial charge on any atom is -0.493 e. The second kappa shape index (κ2) is 13.0. The number of likely N-dealkylation sites (tertiary alicyclic amines) is 1. The zero-order valence-electron chi connectivity index (χ0n) is 22.2. The number of morpholine rings is 1. The molecule has 4 rings (SSSR count). The number of carbonyl (C=O) groups excluding carboxylic acids is 2. The highest BCUT2D eigenvalue weighted by molar-refractivity contribution is 5.79. The van der Waals surface area contributed by atoms with Crippen LogP contribution in [0.3, 0.4) is 0 Å². The van der Waals surface area contributed by atoms with Crippen molar-refractivity contribution in [3.63, 3.8) is 0 Å². The number of rotatable bonds is 10. The van der Waals surface area contributed by atoms with E-state index in [4.69, 9.17) is 18.9 Å². The molecule has 8 nitrogen and oxygen atoms in total. The molecule has 0 N–H and O–H groups in total. The van der Waals surface area contributed by atoms with Crippen LogP contribution in [0, 0.1) is 5.82 Å². The number of hydrogen-bond acceptors (Lipinski definition) is 6. The Kier molecular flexibility index (Phi) is 9.44. The van der Waals surface area contributed by atoms with E-state index in [0.717, 1.165) is 37.9 Å². The van der Waals surface area contributed by atoms with Crippen molar-refractivity contribution in [2.24, 2.45) is 0 Å². The number of aryl methyl sites for hydroxylation is 1. The lowest BCUT2D eigenvalue weighted by atomic mass is 9.95. The van der Waals surface area contributed by atoms with Crippen molar-refractivity contribution in [3.8, 4) is 17.2 Å². The van der Waals surface area contributed by atoms with Crippen molar-refractivity contribution in [3.05, 3.63) is 53.8 Å². The molecule has 1 atom stereocenters. The molecule has 0 saturated carbocycles. The second-order valence-corrected chi connectivity index (χ2v) is 9.90. The van der Waals surface area contributed by atoms with E-state index in [-0.39, 0.29) is 37.2 Å². The molecule has 38 heavy (non-hydrogen) atoms. The molecule has 2 aromatic rings. The van der Waals surface area contributed by atoms with Crippen LogP contribution in [0.5, 0.6) is 17.2 Å². The first-order valence-corrected chi connectivity index (χ1v) is 13.2. The molecule has 0 aliphatic carbocycles. The number of benzene rings is 2. The van der Waals surface area contributed by atoms with Crippen LogP contribution in [0.4, 0.5) is 4.39 Å². The zero-order valence-corrected chi connectivity index (χ0v) is 22.2. The van der Waals surface area contributed by atoms with Crippen molar-refractivity contribution in [1.82, 2.24) is 9.80 Å². The van der Waals surface area contributed by atoms with Crippen molar-refractivity contribution < 1.29 is 32.9 Å². The molecule has 2 heterocycles. The van der Waals surface area contributed by atoms with E-state index in [1.807, 2.05) is 23.1 Å². The highest BCUT2D eigenvalue weighted by Gasteiger charge is 2.42. The Bertz CT molecular complexity index is 1090. The molecule has 2 amide bonds. The summed E-state index contributed by atoms with van der Waals surface area (Å²) in [5.41, 5.74) is -0.0180. The van der Waals surface area contributed by atoms with Crippen LogP contribution in [0.15, 0.2) is 42.5 Å². The van der Waals surface area contributed by atoms with Gasteiger partial charge in [-0.3, -0.25) is 9.59 Å². The lowest BCUT2D eigenvalue weighted by Gasteiger charge is -2.43. The van der Waals surface area contributed by atoms with Gasteiger partial charge in [-0.05, 0) is 67.6 Å². The average Bonchev–Trinajstić information content (AvgIpc) is 2.96. The maximum atomic E-state index is 13.4. The summed E-state index contributed by atoms with van der Waals surface area (Å²) in [6.07, 6.45) is 4.08. The Balaban J connectivity index is 1.44. The van der Waals surface area contributed by atoms with E-state index in [1.165, 1.54) is 12.1 Å². The number of piperidine rings is 1. The molecule has 1 unspecified atom stereocenters. The van der Waals surface area contributed by atoms with Gasteiger partial charge in [0.25, 0.3) is 0 Å². The van der Waals surface area contributed by atoms with Gasteiger partial charge < -0.3 is 28.7 Å². The van der Waals surface area contributed by atoms with Crippen molar-refractivity contribution in [2.45, 2.75) is 44.1 Å². The fourth-order valence-electron chi connectivity index (χ4n) is 5.02. The van der Waals surface area contributed by atoms with Crippen LogP contribution >= 0.6 is 0 Å². The third-order valence-electron chi connectivity index (χ3n) is 7.17. The molecule has 2 aliphatic heterocycles. The van der Waals surface area contributed by atoms with Gasteiger partial charge in [0.1, 0.15) is 23.8 Å². The van der Waals surface area contributed by atoms with Crippen LogP contribution in [-0.4, -0.2) is 80.8 Å². The normalized spacial score (nSPS) is 19.7. The fraction of sp³-hybridized carbons (Fsp3) is 0.517. The highest BCUT2D eigenvalue weighted by atomic mass is 19.1. The Morgan fingerprint density at radius 1 is 0.921 bits per heavy atom. The van der Waals surface area contributed by atoms with E-state index < -0.39 is 5.60 Å². The monoisotopic (exact) mass is 528 g/mol. The Morgan fingerprint density at radius 3 is 2.37 bits per heavy atom. The number of methoxy groups -OCH3 is 2. The maximum Gasteiger partial charge on any atom is 0.225 e. The third kappa shape index (κ3) is 7.16. The third-order valence-corrected chi connectivity index (χ3v) is 7.17. The smallest absolute Gasteiger partial charge is 0.225 e. The molecule has 206 valence electrons. The summed E-state index contributed by atoms with van der Waals surface area (Å²) < 4.78 is 36.2. The first-order chi connectivity index (χ1) is 18.4. The number of nitrogens with zero attached hydrogens (tertiary/aromatic N) is 2. The summed E-state index contributed by atoms with van der Waals surface area (Å²) >= 11 is 0. The molecule has 2 saturated heterocycles. The molecular formula is C29H37FN2O6. The van der Waals surface area contributed by atoms with E-state index in [1.54, 1.807) is 31.3 Å². The number of hydrogen-bond donors (Lipinski definition) is 0. The molecule has 9 heteroatoms. The summed E-state index contributed by atoms with van der Waals surface area (Å²) in [5.74, 6) is 1.38. The van der Waals surface area contributed by atoms with Gasteiger partial charge in [0, 0.05) is 26.1 Å². The van der Waals surface area contributed by atoms with Gasteiger partial charge >= 0.3 is 0 Å². The van der Waals surface area contributed by atoms with Crippen molar-refractivity contribution in [1.29, 1.82) is 0 Å². The number of carbonyl (C=O) groups is 2. The SMILES string of the molecule is COc1ccc(CCC(=O)N2CCOC(COc3ccc(F)cc3)(CC(=O)N3CCCCC3)C2)cc1OC. The van der Waals surface area contributed by atoms with Gasteiger partial charge in [-0.1, -0.05) is 6.07 Å². The minimum absolute atomic E-state index is 0.00651. The molecule has 2 aromatic carbocycles. The predicted molar refractivity (Wildman–Crippen MR) is 140 cm³/mol. The Hall–Kier alpha value is -3.33. The lowest BCUT2D eigenvalue weighted by Crippen LogP contribution is -2.58. The van der Waals surface area contributed by atoms with Crippen molar-refractivity contribution in [2.75, 3.05) is 53.6 Å². The number of halogens is 1. The molecule has 0 bridgehead atoms. The highest BCUT2D eigenvalue weighted by Crippen LogP contribution is 2.29. The van der Waals surface area contributed by atoms with E-state index in [2.05, 4.69) is 0 Å². The summed E-state index contributed by atoms with van der Waals surface area (Å²) in [6, 6.07) is 11.4. The zero-order chi connectivity index (χ0) is 27.0. The van der Waals surface area contributed by atoms with E-state index >= 15 is 0 Å². The minimum atomic E-state index is -0.986. The largest absolute Gasteiger partial charge is 0.493 e. The first-order valence-electron chi connectivity index (χ1n) is 13.2. The standard InChI is InChI=1S/C29H37FN2O6/c1-35-25-12-6-22(18-26(25)36-2)7-13-27(33)32-16-17-38-29(20-32,19-28(34)31-14-4-3-5-15-31)21-37-24-10-8-23(30)9-11-24/h6,8-12,18H,3-5,7,13-17,19-21H2,1-2H3. The lowest BCUT2D eigenvalue weighted by molar-refractivity contribution is -0.166. The van der Waals surface area contributed by atoms with Gasteiger partial charge in [0.15, 0.2) is 11.5 Å².